The van der Waals surface area contributed by atoms with E-state index in [2.05, 4.69) is 9.97 Å². The van der Waals surface area contributed by atoms with Gasteiger partial charge in [0.15, 0.2) is 11.5 Å². The van der Waals surface area contributed by atoms with E-state index in [1.807, 2.05) is 37.1 Å². The van der Waals surface area contributed by atoms with Crippen LogP contribution in [0.15, 0.2) is 23.0 Å². The van der Waals surface area contributed by atoms with E-state index in [9.17, 15) is 9.59 Å². The van der Waals surface area contributed by atoms with Gasteiger partial charge in [0.05, 0.1) is 32.3 Å². The van der Waals surface area contributed by atoms with Gasteiger partial charge in [-0.3, -0.25) is 9.69 Å². The van der Waals surface area contributed by atoms with Crippen LogP contribution in [0.2, 0.25) is 0 Å². The van der Waals surface area contributed by atoms with Crippen molar-refractivity contribution < 1.29 is 19.0 Å². The molecule has 0 aliphatic rings. The molecule has 1 atom stereocenters. The van der Waals surface area contributed by atoms with Gasteiger partial charge in [-0.25, -0.2) is 9.78 Å². The van der Waals surface area contributed by atoms with E-state index in [1.165, 1.54) is 11.3 Å². The second-order valence-electron chi connectivity index (χ2n) is 7.15. The van der Waals surface area contributed by atoms with Crippen LogP contribution >= 0.6 is 11.3 Å². The van der Waals surface area contributed by atoms with Crippen LogP contribution in [-0.4, -0.2) is 48.7 Å². The molecular formula is C22H27N3O5S. The molecule has 3 rings (SSSR count). The summed E-state index contributed by atoms with van der Waals surface area (Å²) in [6.45, 7) is 6.28. The number of methoxy groups -OCH3 is 2. The van der Waals surface area contributed by atoms with Crippen molar-refractivity contribution >= 4 is 27.5 Å². The number of carbonyl (C=O) groups is 1. The number of H-pyrrole nitrogens is 1. The molecule has 0 amide bonds. The zero-order valence-electron chi connectivity index (χ0n) is 18.6. The lowest BCUT2D eigenvalue weighted by atomic mass is 10.1. The fourth-order valence-corrected chi connectivity index (χ4v) is 4.52. The van der Waals surface area contributed by atoms with Crippen LogP contribution in [0.4, 0.5) is 0 Å². The Bertz CT molecular complexity index is 1150. The largest absolute Gasteiger partial charge is 0.493 e. The molecule has 1 aromatic carbocycles. The number of thiophene rings is 1. The molecule has 9 heteroatoms. The Morgan fingerprint density at radius 3 is 2.68 bits per heavy atom. The van der Waals surface area contributed by atoms with Crippen LogP contribution in [0.3, 0.4) is 0 Å². The molecule has 166 valence electrons. The predicted octanol–water partition coefficient (Wildman–Crippen LogP) is 3.68. The summed E-state index contributed by atoms with van der Waals surface area (Å²) >= 11 is 1.18. The topological polar surface area (TPSA) is 93.8 Å². The molecule has 0 aliphatic heterocycles. The predicted molar refractivity (Wildman–Crippen MR) is 120 cm³/mol. The van der Waals surface area contributed by atoms with Crippen LogP contribution in [0.5, 0.6) is 11.5 Å². The smallest absolute Gasteiger partial charge is 0.348 e. The third kappa shape index (κ3) is 4.42. The van der Waals surface area contributed by atoms with Gasteiger partial charge in [0, 0.05) is 12.1 Å². The molecule has 3 aromatic rings. The number of nitrogens with one attached hydrogen (secondary N) is 1. The summed E-state index contributed by atoms with van der Waals surface area (Å²) in [5.41, 5.74) is 1.29. The lowest BCUT2D eigenvalue weighted by Crippen LogP contribution is -2.26. The van der Waals surface area contributed by atoms with E-state index < -0.39 is 5.97 Å². The van der Waals surface area contributed by atoms with Crippen molar-refractivity contribution in [1.29, 1.82) is 0 Å². The minimum absolute atomic E-state index is 0.193. The molecule has 0 bridgehead atoms. The monoisotopic (exact) mass is 445 g/mol. The summed E-state index contributed by atoms with van der Waals surface area (Å²) in [6, 6.07) is 5.53. The number of hydrogen-bond donors (Lipinski definition) is 1. The lowest BCUT2D eigenvalue weighted by Gasteiger charge is -2.25. The number of fused-ring (bicyclic) bond motifs is 1. The standard InChI is InChI=1S/C22H27N3O5S/c1-7-30-22(27)18-12(2)16-20(26)23-19(24-21(16)31-18)13(3)25(4)11-14-9-8-10-15(28-5)17(14)29-6/h8-10,13H,7,11H2,1-6H3,(H,23,24,26). The molecule has 0 radical (unpaired) electrons. The van der Waals surface area contributed by atoms with Gasteiger partial charge in [-0.15, -0.1) is 11.3 Å². The summed E-state index contributed by atoms with van der Waals surface area (Å²) in [6.07, 6.45) is 0. The summed E-state index contributed by atoms with van der Waals surface area (Å²) < 4.78 is 16.0. The van der Waals surface area contributed by atoms with Gasteiger partial charge in [-0.05, 0) is 39.4 Å². The molecule has 31 heavy (non-hydrogen) atoms. The average Bonchev–Trinajstić information content (AvgIpc) is 3.09. The fraction of sp³-hybridized carbons (Fsp3) is 0.409. The molecule has 8 nitrogen and oxygen atoms in total. The van der Waals surface area contributed by atoms with Crippen LogP contribution in [-0.2, 0) is 11.3 Å². The highest BCUT2D eigenvalue weighted by atomic mass is 32.1. The molecule has 1 unspecified atom stereocenters. The first-order valence-electron chi connectivity index (χ1n) is 9.92. The van der Waals surface area contributed by atoms with Gasteiger partial charge in [-0.2, -0.15) is 0 Å². The van der Waals surface area contributed by atoms with Crippen molar-refractivity contribution in [2.75, 3.05) is 27.9 Å². The average molecular weight is 446 g/mol. The minimum atomic E-state index is -0.431. The Balaban J connectivity index is 1.93. The number of aromatic nitrogens is 2. The number of para-hydroxylation sites is 1. The maximum atomic E-state index is 12.8. The van der Waals surface area contributed by atoms with E-state index in [4.69, 9.17) is 14.2 Å². The maximum Gasteiger partial charge on any atom is 0.348 e. The SMILES string of the molecule is CCOC(=O)c1sc2nc(C(C)N(C)Cc3cccc(OC)c3OC)[nH]c(=O)c2c1C. The molecular weight excluding hydrogens is 418 g/mol. The highest BCUT2D eigenvalue weighted by molar-refractivity contribution is 7.20. The minimum Gasteiger partial charge on any atom is -0.493 e. The first kappa shape index (κ1) is 22.8. The summed E-state index contributed by atoms with van der Waals surface area (Å²) in [4.78, 5) is 35.5. The van der Waals surface area contributed by atoms with Gasteiger partial charge in [0.25, 0.3) is 5.56 Å². The van der Waals surface area contributed by atoms with Gasteiger partial charge in [0.2, 0.25) is 0 Å². The second kappa shape index (κ2) is 9.49. The van der Waals surface area contributed by atoms with Gasteiger partial charge < -0.3 is 19.2 Å². The fourth-order valence-electron chi connectivity index (χ4n) is 3.44. The zero-order valence-corrected chi connectivity index (χ0v) is 19.4. The molecule has 0 fully saturated rings. The van der Waals surface area contributed by atoms with Crippen molar-refractivity contribution in [2.45, 2.75) is 33.4 Å². The highest BCUT2D eigenvalue weighted by Crippen LogP contribution is 2.33. The number of ether oxygens (including phenoxy) is 3. The summed E-state index contributed by atoms with van der Waals surface area (Å²) in [7, 11) is 5.15. The molecule has 0 aliphatic carbocycles. The van der Waals surface area contributed by atoms with E-state index >= 15 is 0 Å². The van der Waals surface area contributed by atoms with Crippen LogP contribution < -0.4 is 15.0 Å². The number of aromatic amines is 1. The van der Waals surface area contributed by atoms with E-state index in [-0.39, 0.29) is 18.2 Å². The Morgan fingerprint density at radius 1 is 1.29 bits per heavy atom. The highest BCUT2D eigenvalue weighted by Gasteiger charge is 2.23. The number of nitrogens with zero attached hydrogens (tertiary/aromatic N) is 2. The second-order valence-corrected chi connectivity index (χ2v) is 8.15. The molecule has 0 spiro atoms. The third-order valence-corrected chi connectivity index (χ3v) is 6.41. The summed E-state index contributed by atoms with van der Waals surface area (Å²) in [5.74, 6) is 1.43. The Labute approximate surface area is 184 Å². The number of hydrogen-bond acceptors (Lipinski definition) is 8. The van der Waals surface area contributed by atoms with Crippen LogP contribution in [0.25, 0.3) is 10.2 Å². The van der Waals surface area contributed by atoms with Gasteiger partial charge in [0.1, 0.15) is 15.5 Å². The molecule has 2 aromatic heterocycles. The quantitative estimate of drug-likeness (QED) is 0.529. The van der Waals surface area contributed by atoms with E-state index in [0.29, 0.717) is 44.5 Å². The first-order valence-corrected chi connectivity index (χ1v) is 10.7. The maximum absolute atomic E-state index is 12.8. The first-order chi connectivity index (χ1) is 14.8. The van der Waals surface area contributed by atoms with Crippen LogP contribution in [0, 0.1) is 6.92 Å². The van der Waals surface area contributed by atoms with Gasteiger partial charge >= 0.3 is 5.97 Å². The van der Waals surface area contributed by atoms with Crippen LogP contribution in [0.1, 0.15) is 46.5 Å². The molecule has 1 N–H and O–H groups in total. The van der Waals surface area contributed by atoms with Crippen molar-refractivity contribution in [3.63, 3.8) is 0 Å². The molecule has 0 saturated carbocycles. The number of rotatable bonds is 8. The summed E-state index contributed by atoms with van der Waals surface area (Å²) in [5, 5.41) is 0.432. The Hall–Kier alpha value is -2.91. The zero-order chi connectivity index (χ0) is 22.7. The van der Waals surface area contributed by atoms with Crippen molar-refractivity contribution in [2.24, 2.45) is 0 Å². The van der Waals surface area contributed by atoms with Crippen molar-refractivity contribution in [3.8, 4) is 11.5 Å². The van der Waals surface area contributed by atoms with E-state index in [1.54, 1.807) is 28.1 Å². The number of carbonyl (C=O) groups excluding carboxylic acids is 1. The third-order valence-electron chi connectivity index (χ3n) is 5.24. The molecule has 0 saturated heterocycles. The van der Waals surface area contributed by atoms with Crippen molar-refractivity contribution in [1.82, 2.24) is 14.9 Å². The molecule has 2 heterocycles. The number of esters is 1. The number of benzene rings is 1. The Morgan fingerprint density at radius 2 is 2.03 bits per heavy atom. The van der Waals surface area contributed by atoms with Gasteiger partial charge in [-0.1, -0.05) is 12.1 Å². The Kier molecular flexibility index (Phi) is 6.97. The normalized spacial score (nSPS) is 12.2. The lowest BCUT2D eigenvalue weighted by molar-refractivity contribution is 0.0531. The number of aryl methyl sites for hydroxylation is 1. The van der Waals surface area contributed by atoms with E-state index in [0.717, 1.165) is 5.56 Å². The van der Waals surface area contributed by atoms with Crippen molar-refractivity contribution in [3.05, 3.63) is 50.4 Å².